The van der Waals surface area contributed by atoms with E-state index in [4.69, 9.17) is 0 Å². The molecule has 0 rings (SSSR count). The van der Waals surface area contributed by atoms with Crippen LogP contribution >= 0.6 is 0 Å². The van der Waals surface area contributed by atoms with Gasteiger partial charge in [-0.15, -0.1) is 6.58 Å². The molecule has 4 heteroatoms. The molecule has 0 saturated carbocycles. The number of esters is 1. The lowest BCUT2D eigenvalue weighted by atomic mass is 10.5. The average Bonchev–Trinajstić information content (AvgIpc) is 2.00. The topological polar surface area (TPSA) is 55.4 Å². The number of ether oxygens (including phenoxy) is 1. The van der Waals surface area contributed by atoms with Gasteiger partial charge in [0.25, 0.3) is 0 Å². The third kappa shape index (κ3) is 4.13. The summed E-state index contributed by atoms with van der Waals surface area (Å²) in [7, 11) is 0. The Labute approximate surface area is 65.2 Å². The zero-order valence-electron chi connectivity index (χ0n) is 6.42. The van der Waals surface area contributed by atoms with Crippen LogP contribution in [0.15, 0.2) is 12.7 Å². The fourth-order valence-corrected chi connectivity index (χ4v) is 0.434. The van der Waals surface area contributed by atoms with Gasteiger partial charge in [0.2, 0.25) is 0 Å². The van der Waals surface area contributed by atoms with E-state index >= 15 is 0 Å². The van der Waals surface area contributed by atoms with E-state index in [2.05, 4.69) is 16.6 Å². The summed E-state index contributed by atoms with van der Waals surface area (Å²) in [4.78, 5) is 21.2. The van der Waals surface area contributed by atoms with Gasteiger partial charge >= 0.3 is 11.9 Å². The molecule has 0 bridgehead atoms. The minimum absolute atomic E-state index is 0.209. The first-order chi connectivity index (χ1) is 5.22. The molecule has 0 aromatic rings. The molecule has 0 spiro atoms. The molecular formula is C7H11NO3. The number of nitrogens with one attached hydrogen (secondary N) is 1. The van der Waals surface area contributed by atoms with E-state index in [1.54, 1.807) is 6.92 Å². The molecule has 0 atom stereocenters. The van der Waals surface area contributed by atoms with Crippen molar-refractivity contribution in [1.82, 2.24) is 5.32 Å². The average molecular weight is 157 g/mol. The first-order valence-electron chi connectivity index (χ1n) is 3.28. The van der Waals surface area contributed by atoms with E-state index in [0.717, 1.165) is 0 Å². The van der Waals surface area contributed by atoms with Crippen molar-refractivity contribution in [2.75, 3.05) is 13.2 Å². The Bertz CT molecular complexity index is 165. The van der Waals surface area contributed by atoms with Crippen molar-refractivity contribution < 1.29 is 14.3 Å². The second kappa shape index (κ2) is 5.46. The molecule has 11 heavy (non-hydrogen) atoms. The van der Waals surface area contributed by atoms with Gasteiger partial charge in [0.1, 0.15) is 0 Å². The quantitative estimate of drug-likeness (QED) is 0.352. The number of amides is 1. The number of carbonyl (C=O) groups is 2. The highest BCUT2D eigenvalue weighted by Gasteiger charge is 2.11. The van der Waals surface area contributed by atoms with Crippen LogP contribution in [0.3, 0.4) is 0 Å². The van der Waals surface area contributed by atoms with E-state index in [0.29, 0.717) is 0 Å². The van der Waals surface area contributed by atoms with Gasteiger partial charge in [-0.3, -0.25) is 4.79 Å². The van der Waals surface area contributed by atoms with Crippen molar-refractivity contribution in [3.63, 3.8) is 0 Å². The summed E-state index contributed by atoms with van der Waals surface area (Å²) < 4.78 is 4.42. The van der Waals surface area contributed by atoms with Crippen LogP contribution in [0.5, 0.6) is 0 Å². The number of hydrogen-bond acceptors (Lipinski definition) is 3. The predicted octanol–water partition coefficient (Wildman–Crippen LogP) is -0.148. The van der Waals surface area contributed by atoms with Gasteiger partial charge in [-0.1, -0.05) is 6.08 Å². The highest BCUT2D eigenvalue weighted by atomic mass is 16.5. The Balaban J connectivity index is 3.64. The fourth-order valence-electron chi connectivity index (χ4n) is 0.434. The van der Waals surface area contributed by atoms with Gasteiger partial charge in [-0.2, -0.15) is 0 Å². The third-order valence-electron chi connectivity index (χ3n) is 0.868. The van der Waals surface area contributed by atoms with Gasteiger partial charge in [0.15, 0.2) is 0 Å². The summed E-state index contributed by atoms with van der Waals surface area (Å²) in [6.45, 7) is 5.49. The Morgan fingerprint density at radius 2 is 2.27 bits per heavy atom. The number of carbonyl (C=O) groups excluding carboxylic acids is 2. The van der Waals surface area contributed by atoms with Crippen molar-refractivity contribution in [2.24, 2.45) is 0 Å². The zero-order valence-corrected chi connectivity index (χ0v) is 6.42. The Morgan fingerprint density at radius 1 is 1.64 bits per heavy atom. The molecular weight excluding hydrogens is 146 g/mol. The summed E-state index contributed by atoms with van der Waals surface area (Å²) in [6.07, 6.45) is 1.48. The molecule has 4 nitrogen and oxygen atoms in total. The molecule has 0 aliphatic heterocycles. The highest BCUT2D eigenvalue weighted by Crippen LogP contribution is 1.77. The van der Waals surface area contributed by atoms with E-state index in [1.165, 1.54) is 6.08 Å². The van der Waals surface area contributed by atoms with Crippen molar-refractivity contribution in [3.05, 3.63) is 12.7 Å². The lowest BCUT2D eigenvalue weighted by Crippen LogP contribution is -2.32. The molecule has 0 aromatic carbocycles. The largest absolute Gasteiger partial charge is 0.459 e. The van der Waals surface area contributed by atoms with E-state index in [-0.39, 0.29) is 13.2 Å². The lowest BCUT2D eigenvalue weighted by Gasteiger charge is -2.00. The van der Waals surface area contributed by atoms with Gasteiger partial charge in [-0.25, -0.2) is 4.79 Å². The second-order valence-corrected chi connectivity index (χ2v) is 1.72. The molecule has 1 N–H and O–H groups in total. The summed E-state index contributed by atoms with van der Waals surface area (Å²) in [6, 6.07) is 0. The maximum Gasteiger partial charge on any atom is 0.396 e. The van der Waals surface area contributed by atoms with Crippen LogP contribution in [0, 0.1) is 0 Å². The second-order valence-electron chi connectivity index (χ2n) is 1.72. The van der Waals surface area contributed by atoms with E-state index in [9.17, 15) is 9.59 Å². The monoisotopic (exact) mass is 157 g/mol. The van der Waals surface area contributed by atoms with Crippen molar-refractivity contribution in [1.29, 1.82) is 0 Å². The molecule has 0 aliphatic rings. The standard InChI is InChI=1S/C7H11NO3/c1-3-5-8-6(9)7(10)11-4-2/h3H,1,4-5H2,2H3,(H,8,9). The maximum atomic E-state index is 10.7. The normalized spacial score (nSPS) is 8.45. The van der Waals surface area contributed by atoms with Crippen LogP contribution in [0.1, 0.15) is 6.92 Å². The van der Waals surface area contributed by atoms with Crippen LogP contribution in [0.25, 0.3) is 0 Å². The van der Waals surface area contributed by atoms with Crippen LogP contribution in [0.4, 0.5) is 0 Å². The molecule has 0 unspecified atom stereocenters. The SMILES string of the molecule is C=CCNC(=O)C(=O)OCC. The maximum absolute atomic E-state index is 10.7. The first kappa shape index (κ1) is 9.68. The van der Waals surface area contributed by atoms with Crippen molar-refractivity contribution >= 4 is 11.9 Å². The van der Waals surface area contributed by atoms with E-state index in [1.807, 2.05) is 0 Å². The summed E-state index contributed by atoms with van der Waals surface area (Å²) in [5.74, 6) is -1.58. The third-order valence-corrected chi connectivity index (χ3v) is 0.868. The zero-order chi connectivity index (χ0) is 8.69. The lowest BCUT2D eigenvalue weighted by molar-refractivity contribution is -0.154. The first-order valence-corrected chi connectivity index (χ1v) is 3.28. The molecule has 0 aliphatic carbocycles. The van der Waals surface area contributed by atoms with E-state index < -0.39 is 11.9 Å². The molecule has 0 heterocycles. The summed E-state index contributed by atoms with van der Waals surface area (Å²) in [5.41, 5.74) is 0. The van der Waals surface area contributed by atoms with Crippen LogP contribution in [0.2, 0.25) is 0 Å². The Kier molecular flexibility index (Phi) is 4.81. The molecule has 62 valence electrons. The highest BCUT2D eigenvalue weighted by molar-refractivity contribution is 6.32. The summed E-state index contributed by atoms with van der Waals surface area (Å²) in [5, 5.41) is 2.29. The Hall–Kier alpha value is -1.32. The molecule has 0 radical (unpaired) electrons. The van der Waals surface area contributed by atoms with Crippen LogP contribution in [-0.2, 0) is 14.3 Å². The Morgan fingerprint density at radius 3 is 2.73 bits per heavy atom. The van der Waals surface area contributed by atoms with Gasteiger partial charge < -0.3 is 10.1 Å². The van der Waals surface area contributed by atoms with Gasteiger partial charge in [0.05, 0.1) is 6.61 Å². The summed E-state index contributed by atoms with van der Waals surface area (Å²) >= 11 is 0. The minimum atomic E-state index is -0.852. The predicted molar refractivity (Wildman–Crippen MR) is 39.8 cm³/mol. The van der Waals surface area contributed by atoms with Crippen LogP contribution in [-0.4, -0.2) is 25.0 Å². The van der Waals surface area contributed by atoms with Gasteiger partial charge in [-0.05, 0) is 6.92 Å². The number of hydrogen-bond donors (Lipinski definition) is 1. The molecule has 0 fully saturated rings. The molecule has 0 aromatic heterocycles. The fraction of sp³-hybridized carbons (Fsp3) is 0.429. The van der Waals surface area contributed by atoms with Crippen molar-refractivity contribution in [2.45, 2.75) is 6.92 Å². The van der Waals surface area contributed by atoms with Crippen LogP contribution < -0.4 is 5.32 Å². The van der Waals surface area contributed by atoms with Crippen molar-refractivity contribution in [3.8, 4) is 0 Å². The molecule has 0 saturated heterocycles. The number of rotatable bonds is 3. The smallest absolute Gasteiger partial charge is 0.396 e. The minimum Gasteiger partial charge on any atom is -0.459 e. The molecule has 1 amide bonds. The van der Waals surface area contributed by atoms with Gasteiger partial charge in [0, 0.05) is 6.54 Å².